The third-order valence-electron chi connectivity index (χ3n) is 3.64. The molecule has 0 aliphatic carbocycles. The normalized spacial score (nSPS) is 11.4. The van der Waals surface area contributed by atoms with E-state index in [1.54, 1.807) is 0 Å². The summed E-state index contributed by atoms with van der Waals surface area (Å²) in [6.45, 7) is -2.94. The minimum absolute atomic E-state index is 0.0829. The quantitative estimate of drug-likeness (QED) is 0.421. The van der Waals surface area contributed by atoms with Gasteiger partial charge in [-0.15, -0.1) is 0 Å². The van der Waals surface area contributed by atoms with Gasteiger partial charge < -0.3 is 19.3 Å². The first-order valence-electron chi connectivity index (χ1n) is 9.09. The zero-order chi connectivity index (χ0) is 25.1. The van der Waals surface area contributed by atoms with Gasteiger partial charge in [0.15, 0.2) is 0 Å². The van der Waals surface area contributed by atoms with Crippen molar-refractivity contribution in [1.29, 1.82) is 0 Å². The van der Waals surface area contributed by atoms with Gasteiger partial charge in [-0.1, -0.05) is 24.3 Å². The van der Waals surface area contributed by atoms with Crippen molar-refractivity contribution in [2.24, 2.45) is 0 Å². The molecule has 0 atom stereocenters. The van der Waals surface area contributed by atoms with Crippen LogP contribution in [0.1, 0.15) is 31.8 Å². The smallest absolute Gasteiger partial charge is 0.411 e. The van der Waals surface area contributed by atoms with Crippen molar-refractivity contribution in [1.82, 2.24) is 0 Å². The summed E-state index contributed by atoms with van der Waals surface area (Å²) in [6.07, 6.45) is -8.67. The van der Waals surface area contributed by atoms with Crippen molar-refractivity contribution in [3.8, 4) is 0 Å². The van der Waals surface area contributed by atoms with E-state index < -0.39 is 37.5 Å². The lowest BCUT2D eigenvalue weighted by molar-refractivity contribution is -0.177. The average Bonchev–Trinajstić information content (AvgIpc) is 2.73. The van der Waals surface area contributed by atoms with Crippen LogP contribution in [-0.4, -0.2) is 49.7 Å². The number of benzene rings is 2. The molecular formula is C21H20F6O6. The van der Waals surface area contributed by atoms with Crippen LogP contribution in [0.15, 0.2) is 48.5 Å². The summed E-state index contributed by atoms with van der Waals surface area (Å²) in [6, 6.07) is 11.4. The largest absolute Gasteiger partial charge is 0.478 e. The standard InChI is InChI=1S/C11H11F3O3.C10H9F3O3/c1-16-10(15)9-4-2-8(3-5-9)6-17-7-11(12,13)14;11-10(12,13)6-16-5-7-1-3-8(4-2-7)9(14)15/h2-5H,6-7H2,1H3;1-4H,5-6H2,(H,14,15). The van der Waals surface area contributed by atoms with Crippen LogP contribution in [0.4, 0.5) is 26.3 Å². The van der Waals surface area contributed by atoms with E-state index in [9.17, 15) is 35.9 Å². The Kier molecular flexibility index (Phi) is 10.8. The first-order valence-corrected chi connectivity index (χ1v) is 9.09. The van der Waals surface area contributed by atoms with Crippen LogP contribution in [0.5, 0.6) is 0 Å². The van der Waals surface area contributed by atoms with Crippen molar-refractivity contribution in [2.45, 2.75) is 25.6 Å². The minimum atomic E-state index is -4.35. The second-order valence-electron chi connectivity index (χ2n) is 6.41. The molecule has 0 saturated carbocycles. The summed E-state index contributed by atoms with van der Waals surface area (Å²) in [4.78, 5) is 21.5. The Morgan fingerprint density at radius 3 is 1.39 bits per heavy atom. The molecule has 182 valence electrons. The van der Waals surface area contributed by atoms with E-state index in [0.29, 0.717) is 16.7 Å². The van der Waals surface area contributed by atoms with Gasteiger partial charge in [-0.2, -0.15) is 26.3 Å². The third-order valence-corrected chi connectivity index (χ3v) is 3.64. The Balaban J connectivity index is 0.000000331. The van der Waals surface area contributed by atoms with Gasteiger partial charge in [0.25, 0.3) is 0 Å². The molecule has 2 aromatic carbocycles. The summed E-state index contributed by atoms with van der Waals surface area (Å²) < 4.78 is 83.9. The maximum atomic E-state index is 11.8. The maximum Gasteiger partial charge on any atom is 0.411 e. The number of esters is 1. The molecular weight excluding hydrogens is 462 g/mol. The molecule has 0 unspecified atom stereocenters. The van der Waals surface area contributed by atoms with Gasteiger partial charge in [-0.05, 0) is 35.4 Å². The molecule has 0 bridgehead atoms. The van der Waals surface area contributed by atoms with Crippen molar-refractivity contribution in [3.05, 3.63) is 70.8 Å². The van der Waals surface area contributed by atoms with E-state index in [1.807, 2.05) is 0 Å². The lowest BCUT2D eigenvalue weighted by Crippen LogP contribution is -2.16. The van der Waals surface area contributed by atoms with E-state index in [2.05, 4.69) is 14.2 Å². The maximum absolute atomic E-state index is 11.8. The number of carboxylic acid groups (broad SMARTS) is 1. The van der Waals surface area contributed by atoms with Crippen LogP contribution in [0.2, 0.25) is 0 Å². The van der Waals surface area contributed by atoms with Gasteiger partial charge in [-0.25, -0.2) is 9.59 Å². The monoisotopic (exact) mass is 482 g/mol. The number of ether oxygens (including phenoxy) is 3. The molecule has 33 heavy (non-hydrogen) atoms. The number of hydrogen-bond acceptors (Lipinski definition) is 5. The zero-order valence-corrected chi connectivity index (χ0v) is 17.2. The van der Waals surface area contributed by atoms with Crippen molar-refractivity contribution >= 4 is 11.9 Å². The number of aromatic carboxylic acids is 1. The number of carbonyl (C=O) groups excluding carboxylic acids is 1. The highest BCUT2D eigenvalue weighted by Gasteiger charge is 2.27. The topological polar surface area (TPSA) is 82.1 Å². The summed E-state index contributed by atoms with van der Waals surface area (Å²) in [5, 5.41) is 8.58. The van der Waals surface area contributed by atoms with Crippen LogP contribution in [0.3, 0.4) is 0 Å². The molecule has 2 rings (SSSR count). The number of methoxy groups -OCH3 is 1. The first-order chi connectivity index (χ1) is 15.3. The SMILES string of the molecule is COC(=O)c1ccc(COCC(F)(F)F)cc1.O=C(O)c1ccc(COCC(F)(F)F)cc1. The van der Waals surface area contributed by atoms with Crippen LogP contribution in [0.25, 0.3) is 0 Å². The molecule has 0 spiro atoms. The molecule has 0 saturated heterocycles. The highest BCUT2D eigenvalue weighted by molar-refractivity contribution is 5.89. The summed E-state index contributed by atoms with van der Waals surface area (Å²) in [7, 11) is 1.25. The molecule has 6 nitrogen and oxygen atoms in total. The Morgan fingerprint density at radius 2 is 1.09 bits per heavy atom. The minimum Gasteiger partial charge on any atom is -0.478 e. The Labute approximate surface area is 184 Å². The molecule has 0 heterocycles. The molecule has 0 aliphatic heterocycles. The van der Waals surface area contributed by atoms with E-state index in [1.165, 1.54) is 55.6 Å². The van der Waals surface area contributed by atoms with Gasteiger partial charge >= 0.3 is 24.3 Å². The number of hydrogen-bond donors (Lipinski definition) is 1. The molecule has 12 heteroatoms. The fourth-order valence-electron chi connectivity index (χ4n) is 2.17. The molecule has 0 aromatic heterocycles. The van der Waals surface area contributed by atoms with Crippen molar-refractivity contribution in [3.63, 3.8) is 0 Å². The van der Waals surface area contributed by atoms with E-state index >= 15 is 0 Å². The van der Waals surface area contributed by atoms with Crippen LogP contribution < -0.4 is 0 Å². The number of carbonyl (C=O) groups is 2. The van der Waals surface area contributed by atoms with E-state index in [0.717, 1.165) is 0 Å². The molecule has 0 amide bonds. The molecule has 1 N–H and O–H groups in total. The van der Waals surface area contributed by atoms with Crippen LogP contribution in [0, 0.1) is 0 Å². The highest BCUT2D eigenvalue weighted by atomic mass is 19.4. The number of halogens is 6. The lowest BCUT2D eigenvalue weighted by Gasteiger charge is -2.07. The molecule has 0 fully saturated rings. The second kappa shape index (κ2) is 12.8. The lowest BCUT2D eigenvalue weighted by atomic mass is 10.1. The van der Waals surface area contributed by atoms with Crippen molar-refractivity contribution < 1.29 is 55.2 Å². The first kappa shape index (κ1) is 27.9. The summed E-state index contributed by atoms with van der Waals surface area (Å²) in [5.74, 6) is -1.57. The van der Waals surface area contributed by atoms with Gasteiger partial charge in [0.1, 0.15) is 13.2 Å². The van der Waals surface area contributed by atoms with Crippen LogP contribution >= 0.6 is 0 Å². The predicted octanol–water partition coefficient (Wildman–Crippen LogP) is 5.02. The van der Waals surface area contributed by atoms with Gasteiger partial charge in [0.2, 0.25) is 0 Å². The fourth-order valence-corrected chi connectivity index (χ4v) is 2.17. The molecule has 0 radical (unpaired) electrons. The number of alkyl halides is 6. The summed E-state index contributed by atoms with van der Waals surface area (Å²) >= 11 is 0. The van der Waals surface area contributed by atoms with Crippen molar-refractivity contribution in [2.75, 3.05) is 20.3 Å². The Morgan fingerprint density at radius 1 is 0.727 bits per heavy atom. The van der Waals surface area contributed by atoms with Gasteiger partial charge in [0, 0.05) is 0 Å². The number of rotatable bonds is 8. The Bertz CT molecular complexity index is 876. The average molecular weight is 482 g/mol. The predicted molar refractivity (Wildman–Crippen MR) is 103 cm³/mol. The fraction of sp³-hybridized carbons (Fsp3) is 0.333. The number of carboxylic acids is 1. The van der Waals surface area contributed by atoms with E-state index in [-0.39, 0.29) is 18.8 Å². The third kappa shape index (κ3) is 12.5. The van der Waals surface area contributed by atoms with Gasteiger partial charge in [0.05, 0.1) is 31.5 Å². The highest BCUT2D eigenvalue weighted by Crippen LogP contribution is 2.17. The second-order valence-corrected chi connectivity index (χ2v) is 6.41. The Hall–Kier alpha value is -3.12. The van der Waals surface area contributed by atoms with Gasteiger partial charge in [-0.3, -0.25) is 0 Å². The van der Waals surface area contributed by atoms with Crippen LogP contribution in [-0.2, 0) is 27.4 Å². The molecule has 0 aliphatic rings. The summed E-state index contributed by atoms with van der Waals surface area (Å²) in [5.41, 5.74) is 1.47. The van der Waals surface area contributed by atoms with E-state index in [4.69, 9.17) is 5.11 Å². The zero-order valence-electron chi connectivity index (χ0n) is 17.2. The molecule has 2 aromatic rings.